The highest BCUT2D eigenvalue weighted by atomic mass is 32.1. The molecule has 0 aliphatic rings. The SMILES string of the molecule is c1ccc(-c2nc(-c3ccccc3)nc(-c3ccc4c(ccc5sc(-c6cc7ccccc7c7ccccc67)nc54)c3)n2)cc1. The molecule has 0 N–H and O–H groups in total. The van der Waals surface area contributed by atoms with Gasteiger partial charge in [-0.2, -0.15) is 0 Å². The molecule has 0 atom stereocenters. The summed E-state index contributed by atoms with van der Waals surface area (Å²) in [7, 11) is 0. The molecule has 7 aromatic carbocycles. The van der Waals surface area contributed by atoms with Gasteiger partial charge in [0.1, 0.15) is 5.01 Å². The molecular formula is C40H24N4S. The van der Waals surface area contributed by atoms with Crippen molar-refractivity contribution in [3.8, 4) is 44.7 Å². The van der Waals surface area contributed by atoms with Crippen LogP contribution in [0.2, 0.25) is 0 Å². The first kappa shape index (κ1) is 25.7. The summed E-state index contributed by atoms with van der Waals surface area (Å²) in [6.07, 6.45) is 0. The van der Waals surface area contributed by atoms with E-state index in [0.717, 1.165) is 38.0 Å². The van der Waals surface area contributed by atoms with Crippen molar-refractivity contribution in [1.82, 2.24) is 19.9 Å². The average Bonchev–Trinajstić information content (AvgIpc) is 3.56. The van der Waals surface area contributed by atoms with Gasteiger partial charge in [-0.05, 0) is 45.1 Å². The fraction of sp³-hybridized carbons (Fsp3) is 0. The number of fused-ring (bicyclic) bond motifs is 6. The molecule has 5 heteroatoms. The van der Waals surface area contributed by atoms with Gasteiger partial charge >= 0.3 is 0 Å². The number of rotatable bonds is 4. The Labute approximate surface area is 263 Å². The van der Waals surface area contributed by atoms with E-state index in [-0.39, 0.29) is 0 Å². The van der Waals surface area contributed by atoms with Gasteiger partial charge in [0.25, 0.3) is 0 Å². The van der Waals surface area contributed by atoms with E-state index in [1.54, 1.807) is 11.3 Å². The van der Waals surface area contributed by atoms with Crippen molar-refractivity contribution >= 4 is 53.9 Å². The summed E-state index contributed by atoms with van der Waals surface area (Å²) in [5, 5.41) is 8.21. The lowest BCUT2D eigenvalue weighted by molar-refractivity contribution is 1.07. The van der Waals surface area contributed by atoms with Crippen molar-refractivity contribution < 1.29 is 0 Å². The van der Waals surface area contributed by atoms with Crippen LogP contribution in [0.15, 0.2) is 146 Å². The number of thiazole rings is 1. The van der Waals surface area contributed by atoms with E-state index in [2.05, 4.69) is 84.9 Å². The third-order valence-corrected chi connectivity index (χ3v) is 9.38. The molecule has 9 aromatic rings. The lowest BCUT2D eigenvalue weighted by Crippen LogP contribution is -2.00. The van der Waals surface area contributed by atoms with Crippen LogP contribution in [0.5, 0.6) is 0 Å². The Hall–Kier alpha value is -5.78. The molecule has 0 fully saturated rings. The Balaban J connectivity index is 1.19. The van der Waals surface area contributed by atoms with Gasteiger partial charge < -0.3 is 0 Å². The van der Waals surface area contributed by atoms with Crippen LogP contribution >= 0.6 is 11.3 Å². The summed E-state index contributed by atoms with van der Waals surface area (Å²) < 4.78 is 1.17. The van der Waals surface area contributed by atoms with Crippen molar-refractivity contribution in [2.45, 2.75) is 0 Å². The molecular weight excluding hydrogens is 569 g/mol. The minimum absolute atomic E-state index is 0.645. The molecule has 0 aliphatic carbocycles. The zero-order valence-electron chi connectivity index (χ0n) is 24.1. The van der Waals surface area contributed by atoms with E-state index in [1.807, 2.05) is 60.7 Å². The van der Waals surface area contributed by atoms with E-state index in [1.165, 1.54) is 31.8 Å². The molecule has 0 bridgehead atoms. The van der Waals surface area contributed by atoms with Crippen molar-refractivity contribution in [3.05, 3.63) is 146 Å². The number of benzene rings is 7. The summed E-state index contributed by atoms with van der Waals surface area (Å²) in [6, 6.07) is 50.4. The molecule has 0 spiro atoms. The zero-order valence-corrected chi connectivity index (χ0v) is 24.9. The van der Waals surface area contributed by atoms with E-state index in [0.29, 0.717) is 17.5 Å². The first-order valence-electron chi connectivity index (χ1n) is 14.9. The van der Waals surface area contributed by atoms with Gasteiger partial charge in [-0.1, -0.05) is 127 Å². The third kappa shape index (κ3) is 4.44. The molecule has 210 valence electrons. The first-order chi connectivity index (χ1) is 22.3. The van der Waals surface area contributed by atoms with Crippen LogP contribution in [-0.2, 0) is 0 Å². The average molecular weight is 593 g/mol. The van der Waals surface area contributed by atoms with Gasteiger partial charge in [-0.3, -0.25) is 0 Å². The lowest BCUT2D eigenvalue weighted by atomic mass is 9.97. The van der Waals surface area contributed by atoms with Gasteiger partial charge in [0.05, 0.1) is 10.2 Å². The maximum atomic E-state index is 5.26. The van der Waals surface area contributed by atoms with Crippen LogP contribution in [0.25, 0.3) is 87.3 Å². The van der Waals surface area contributed by atoms with Crippen molar-refractivity contribution in [3.63, 3.8) is 0 Å². The molecule has 2 aromatic heterocycles. The normalized spacial score (nSPS) is 11.6. The Morgan fingerprint density at radius 2 is 0.956 bits per heavy atom. The number of nitrogens with zero attached hydrogens (tertiary/aromatic N) is 4. The van der Waals surface area contributed by atoms with Gasteiger partial charge in [-0.25, -0.2) is 19.9 Å². The summed E-state index contributed by atoms with van der Waals surface area (Å²) in [5.41, 5.74) is 5.04. The second kappa shape index (κ2) is 10.4. The molecule has 0 aliphatic heterocycles. The molecule has 0 saturated carbocycles. The van der Waals surface area contributed by atoms with Crippen LogP contribution in [0.4, 0.5) is 0 Å². The van der Waals surface area contributed by atoms with E-state index in [9.17, 15) is 0 Å². The second-order valence-electron chi connectivity index (χ2n) is 11.1. The zero-order chi connectivity index (χ0) is 29.7. The standard InChI is InChI=1S/C40H24N4S/c1-3-11-25(12-4-1)37-42-38(26-13-5-2-6-14-26)44-39(43-37)29-19-21-31-28(23-29)20-22-35-36(31)41-40(45-35)34-24-27-15-7-8-16-30(27)32-17-9-10-18-33(32)34/h1-24H. The topological polar surface area (TPSA) is 51.6 Å². The summed E-state index contributed by atoms with van der Waals surface area (Å²) in [6.45, 7) is 0. The van der Waals surface area contributed by atoms with Gasteiger partial charge in [0.15, 0.2) is 17.5 Å². The number of aromatic nitrogens is 4. The minimum atomic E-state index is 0.645. The minimum Gasteiger partial charge on any atom is -0.235 e. The van der Waals surface area contributed by atoms with E-state index >= 15 is 0 Å². The lowest BCUT2D eigenvalue weighted by Gasteiger charge is -2.09. The van der Waals surface area contributed by atoms with Crippen molar-refractivity contribution in [2.75, 3.05) is 0 Å². The van der Waals surface area contributed by atoms with E-state index in [4.69, 9.17) is 19.9 Å². The third-order valence-electron chi connectivity index (χ3n) is 8.33. The molecule has 0 unspecified atom stereocenters. The van der Waals surface area contributed by atoms with E-state index < -0.39 is 0 Å². The number of hydrogen-bond acceptors (Lipinski definition) is 5. The molecule has 0 saturated heterocycles. The molecule has 0 radical (unpaired) electrons. The molecule has 0 amide bonds. The summed E-state index contributed by atoms with van der Waals surface area (Å²) in [5.74, 6) is 1.95. The Bertz CT molecular complexity index is 2480. The Kier molecular flexibility index (Phi) is 5.96. The fourth-order valence-electron chi connectivity index (χ4n) is 6.14. The maximum absolute atomic E-state index is 5.26. The predicted octanol–water partition coefficient (Wildman–Crippen LogP) is 10.6. The summed E-state index contributed by atoms with van der Waals surface area (Å²) in [4.78, 5) is 20.0. The fourth-order valence-corrected chi connectivity index (χ4v) is 7.16. The Morgan fingerprint density at radius 3 is 1.67 bits per heavy atom. The van der Waals surface area contributed by atoms with Crippen LogP contribution in [0, 0.1) is 0 Å². The maximum Gasteiger partial charge on any atom is 0.164 e. The number of hydrogen-bond donors (Lipinski definition) is 0. The molecule has 45 heavy (non-hydrogen) atoms. The monoisotopic (exact) mass is 592 g/mol. The van der Waals surface area contributed by atoms with Crippen molar-refractivity contribution in [1.29, 1.82) is 0 Å². The summed E-state index contributed by atoms with van der Waals surface area (Å²) >= 11 is 1.74. The second-order valence-corrected chi connectivity index (χ2v) is 12.1. The van der Waals surface area contributed by atoms with Crippen LogP contribution in [0.3, 0.4) is 0 Å². The highest BCUT2D eigenvalue weighted by Crippen LogP contribution is 2.40. The highest BCUT2D eigenvalue weighted by Gasteiger charge is 2.16. The Morgan fingerprint density at radius 1 is 0.378 bits per heavy atom. The quantitative estimate of drug-likeness (QED) is 0.191. The van der Waals surface area contributed by atoms with Crippen molar-refractivity contribution in [2.24, 2.45) is 0 Å². The smallest absolute Gasteiger partial charge is 0.164 e. The highest BCUT2D eigenvalue weighted by molar-refractivity contribution is 7.21. The molecule has 2 heterocycles. The molecule has 9 rings (SSSR count). The van der Waals surface area contributed by atoms with Crippen LogP contribution in [0.1, 0.15) is 0 Å². The van der Waals surface area contributed by atoms with Gasteiger partial charge in [0, 0.05) is 27.6 Å². The van der Waals surface area contributed by atoms with Gasteiger partial charge in [0.2, 0.25) is 0 Å². The largest absolute Gasteiger partial charge is 0.235 e. The van der Waals surface area contributed by atoms with Crippen LogP contribution < -0.4 is 0 Å². The van der Waals surface area contributed by atoms with Crippen LogP contribution in [-0.4, -0.2) is 19.9 Å². The molecule has 4 nitrogen and oxygen atoms in total. The first-order valence-corrected chi connectivity index (χ1v) is 15.7. The predicted molar refractivity (Wildman–Crippen MR) is 187 cm³/mol. The van der Waals surface area contributed by atoms with Gasteiger partial charge in [-0.15, -0.1) is 11.3 Å².